The first kappa shape index (κ1) is 17.7. The van der Waals surface area contributed by atoms with Crippen LogP contribution in [-0.4, -0.2) is 16.0 Å². The lowest BCUT2D eigenvalue weighted by atomic mass is 10.1. The molecular weight excluding hydrogens is 304 g/mol. The zero-order chi connectivity index (χ0) is 17.5. The molecule has 1 aromatic carbocycles. The fourth-order valence-electron chi connectivity index (χ4n) is 2.25. The van der Waals surface area contributed by atoms with Gasteiger partial charge < -0.3 is 9.84 Å². The third-order valence-corrected chi connectivity index (χ3v) is 3.71. The highest BCUT2D eigenvalue weighted by atomic mass is 16.5. The van der Waals surface area contributed by atoms with E-state index >= 15 is 0 Å². The second kappa shape index (κ2) is 8.25. The summed E-state index contributed by atoms with van der Waals surface area (Å²) in [4.78, 5) is 16.3. The van der Waals surface area contributed by atoms with E-state index in [1.54, 1.807) is 12.1 Å². The summed E-state index contributed by atoms with van der Waals surface area (Å²) in [5.74, 6) is 1.49. The zero-order valence-electron chi connectivity index (χ0n) is 14.2. The average molecular weight is 326 g/mol. The van der Waals surface area contributed by atoms with Gasteiger partial charge in [-0.3, -0.25) is 4.79 Å². The second-order valence-corrected chi connectivity index (χ2v) is 6.08. The summed E-state index contributed by atoms with van der Waals surface area (Å²) in [5, 5.41) is 15.7. The van der Waals surface area contributed by atoms with Crippen molar-refractivity contribution in [2.24, 2.45) is 0 Å². The molecule has 6 nitrogen and oxygen atoms in total. The van der Waals surface area contributed by atoms with E-state index in [-0.39, 0.29) is 17.9 Å². The number of hydrogen-bond donors (Lipinski definition) is 1. The predicted molar refractivity (Wildman–Crippen MR) is 89.0 cm³/mol. The molecule has 0 bridgehead atoms. The van der Waals surface area contributed by atoms with Gasteiger partial charge in [-0.15, -0.1) is 0 Å². The molecule has 0 unspecified atom stereocenters. The van der Waals surface area contributed by atoms with Gasteiger partial charge in [0.25, 0.3) is 0 Å². The number of aromatic nitrogens is 2. The molecule has 2 rings (SSSR count). The van der Waals surface area contributed by atoms with Crippen molar-refractivity contribution >= 4 is 5.91 Å². The van der Waals surface area contributed by atoms with Crippen molar-refractivity contribution in [1.29, 1.82) is 5.26 Å². The zero-order valence-corrected chi connectivity index (χ0v) is 14.2. The van der Waals surface area contributed by atoms with Gasteiger partial charge in [0.05, 0.1) is 17.7 Å². The van der Waals surface area contributed by atoms with Crippen molar-refractivity contribution in [2.75, 3.05) is 0 Å². The SMILES string of the molecule is CC(C)c1noc(CCCC(=O)N[C@@H](C)c2ccc(C#N)cc2)n1. The quantitative estimate of drug-likeness (QED) is 0.843. The number of nitriles is 1. The Balaban J connectivity index is 1.76. The lowest BCUT2D eigenvalue weighted by Crippen LogP contribution is -2.26. The molecule has 0 fully saturated rings. The smallest absolute Gasteiger partial charge is 0.226 e. The van der Waals surface area contributed by atoms with E-state index in [0.29, 0.717) is 36.5 Å². The van der Waals surface area contributed by atoms with Gasteiger partial charge in [0, 0.05) is 18.8 Å². The molecule has 0 spiro atoms. The van der Waals surface area contributed by atoms with E-state index < -0.39 is 0 Å². The average Bonchev–Trinajstić information content (AvgIpc) is 3.04. The molecule has 1 atom stereocenters. The Hall–Kier alpha value is -2.68. The number of nitrogens with zero attached hydrogens (tertiary/aromatic N) is 3. The molecule has 1 N–H and O–H groups in total. The maximum Gasteiger partial charge on any atom is 0.226 e. The number of nitrogens with one attached hydrogen (secondary N) is 1. The minimum atomic E-state index is -0.0961. The van der Waals surface area contributed by atoms with Crippen molar-refractivity contribution in [1.82, 2.24) is 15.5 Å². The largest absolute Gasteiger partial charge is 0.350 e. The van der Waals surface area contributed by atoms with E-state index in [4.69, 9.17) is 9.78 Å². The topological polar surface area (TPSA) is 91.8 Å². The molecule has 1 aromatic heterocycles. The maximum atomic E-state index is 12.0. The van der Waals surface area contributed by atoms with Crippen LogP contribution in [0.15, 0.2) is 28.8 Å². The van der Waals surface area contributed by atoms with E-state index in [9.17, 15) is 4.79 Å². The van der Waals surface area contributed by atoms with Crippen molar-refractivity contribution in [3.05, 3.63) is 47.1 Å². The number of carbonyl (C=O) groups is 1. The van der Waals surface area contributed by atoms with Crippen LogP contribution in [0.3, 0.4) is 0 Å². The Morgan fingerprint density at radius 1 is 1.29 bits per heavy atom. The summed E-state index contributed by atoms with van der Waals surface area (Å²) in [6.07, 6.45) is 1.66. The van der Waals surface area contributed by atoms with E-state index in [2.05, 4.69) is 21.5 Å². The standard InChI is InChI=1S/C18H22N4O2/c1-12(2)18-21-17(24-22-18)6-4-5-16(23)20-13(3)15-9-7-14(11-19)8-10-15/h7-10,12-13H,4-6H2,1-3H3,(H,20,23)/t13-/m0/s1. The van der Waals surface area contributed by atoms with Crippen molar-refractivity contribution < 1.29 is 9.32 Å². The number of aryl methyl sites for hydroxylation is 1. The molecule has 1 amide bonds. The summed E-state index contributed by atoms with van der Waals surface area (Å²) in [5.41, 5.74) is 1.58. The fraction of sp³-hybridized carbons (Fsp3) is 0.444. The van der Waals surface area contributed by atoms with Crippen molar-refractivity contribution in [3.63, 3.8) is 0 Å². The normalized spacial score (nSPS) is 12.0. The van der Waals surface area contributed by atoms with Crippen LogP contribution < -0.4 is 5.32 Å². The van der Waals surface area contributed by atoms with Gasteiger partial charge in [-0.1, -0.05) is 31.1 Å². The monoisotopic (exact) mass is 326 g/mol. The number of rotatable bonds is 7. The van der Waals surface area contributed by atoms with Gasteiger partial charge in [0.2, 0.25) is 11.8 Å². The Morgan fingerprint density at radius 3 is 2.58 bits per heavy atom. The van der Waals surface area contributed by atoms with Gasteiger partial charge in [-0.2, -0.15) is 10.2 Å². The van der Waals surface area contributed by atoms with Crippen LogP contribution in [0, 0.1) is 11.3 Å². The van der Waals surface area contributed by atoms with E-state index in [1.165, 1.54) is 0 Å². The van der Waals surface area contributed by atoms with Crippen molar-refractivity contribution in [2.45, 2.75) is 52.0 Å². The molecule has 126 valence electrons. The number of benzene rings is 1. The Morgan fingerprint density at radius 2 is 2.00 bits per heavy atom. The summed E-state index contributed by atoms with van der Waals surface area (Å²) < 4.78 is 5.16. The van der Waals surface area contributed by atoms with Crippen LogP contribution in [0.1, 0.15) is 68.4 Å². The molecular formula is C18H22N4O2. The van der Waals surface area contributed by atoms with Gasteiger partial charge in [-0.25, -0.2) is 0 Å². The lowest BCUT2D eigenvalue weighted by Gasteiger charge is -2.14. The first-order valence-electron chi connectivity index (χ1n) is 8.11. The van der Waals surface area contributed by atoms with Gasteiger partial charge in [0.15, 0.2) is 5.82 Å². The molecule has 0 aliphatic carbocycles. The highest BCUT2D eigenvalue weighted by Gasteiger charge is 2.12. The third kappa shape index (κ3) is 4.92. The Kier molecular flexibility index (Phi) is 6.07. The molecule has 1 heterocycles. The first-order valence-corrected chi connectivity index (χ1v) is 8.11. The highest BCUT2D eigenvalue weighted by Crippen LogP contribution is 2.14. The molecule has 0 saturated heterocycles. The second-order valence-electron chi connectivity index (χ2n) is 6.08. The molecule has 0 saturated carbocycles. The minimum absolute atomic E-state index is 0.0181. The maximum absolute atomic E-state index is 12.0. The number of hydrogen-bond acceptors (Lipinski definition) is 5. The van der Waals surface area contributed by atoms with Crippen LogP contribution in [-0.2, 0) is 11.2 Å². The van der Waals surface area contributed by atoms with Crippen LogP contribution in [0.4, 0.5) is 0 Å². The van der Waals surface area contributed by atoms with Crippen LogP contribution in [0.5, 0.6) is 0 Å². The van der Waals surface area contributed by atoms with Gasteiger partial charge in [0.1, 0.15) is 0 Å². The van der Waals surface area contributed by atoms with E-state index in [1.807, 2.05) is 32.9 Å². The highest BCUT2D eigenvalue weighted by molar-refractivity contribution is 5.76. The number of carbonyl (C=O) groups excluding carboxylic acids is 1. The summed E-state index contributed by atoms with van der Waals surface area (Å²) >= 11 is 0. The molecule has 0 aliphatic rings. The van der Waals surface area contributed by atoms with Crippen LogP contribution in [0.2, 0.25) is 0 Å². The number of amides is 1. The minimum Gasteiger partial charge on any atom is -0.350 e. The molecule has 24 heavy (non-hydrogen) atoms. The van der Waals surface area contributed by atoms with Crippen molar-refractivity contribution in [3.8, 4) is 6.07 Å². The Labute approximate surface area is 141 Å². The summed E-state index contributed by atoms with van der Waals surface area (Å²) in [6, 6.07) is 9.20. The van der Waals surface area contributed by atoms with Gasteiger partial charge >= 0.3 is 0 Å². The van der Waals surface area contributed by atoms with Crippen LogP contribution in [0.25, 0.3) is 0 Å². The molecule has 6 heteroatoms. The molecule has 0 aliphatic heterocycles. The Bertz CT molecular complexity index is 713. The summed E-state index contributed by atoms with van der Waals surface area (Å²) in [6.45, 7) is 5.94. The molecule has 2 aromatic rings. The molecule has 0 radical (unpaired) electrons. The van der Waals surface area contributed by atoms with E-state index in [0.717, 1.165) is 5.56 Å². The first-order chi connectivity index (χ1) is 11.5. The summed E-state index contributed by atoms with van der Waals surface area (Å²) in [7, 11) is 0. The predicted octanol–water partition coefficient (Wildman–Crippen LogP) is 3.26. The fourth-order valence-corrected chi connectivity index (χ4v) is 2.25. The van der Waals surface area contributed by atoms with Crippen LogP contribution >= 0.6 is 0 Å². The van der Waals surface area contributed by atoms with Gasteiger partial charge in [-0.05, 0) is 31.0 Å². The lowest BCUT2D eigenvalue weighted by molar-refractivity contribution is -0.121. The third-order valence-electron chi connectivity index (χ3n) is 3.71.